The summed E-state index contributed by atoms with van der Waals surface area (Å²) in [5.41, 5.74) is 2.38. The minimum atomic E-state index is 0.0241. The molecule has 0 spiro atoms. The molecule has 5 nitrogen and oxygen atoms in total. The standard InChI is InChI=1S/C17H21N3O2/c1-3-4-15-18-17(22-19-15)14-9-16(21)20(11-14)10-13-7-5-12(2)6-8-13/h5-8,14H,3-4,9-11H2,1-2H3/t14-/m0/s1. The highest BCUT2D eigenvalue weighted by Crippen LogP contribution is 2.28. The van der Waals surface area contributed by atoms with Gasteiger partial charge in [0.1, 0.15) is 0 Å². The van der Waals surface area contributed by atoms with Gasteiger partial charge in [-0.3, -0.25) is 4.79 Å². The van der Waals surface area contributed by atoms with E-state index in [0.29, 0.717) is 25.4 Å². The molecule has 0 saturated carbocycles. The number of aromatic nitrogens is 2. The van der Waals surface area contributed by atoms with Crippen molar-refractivity contribution in [2.45, 2.75) is 45.6 Å². The molecule has 5 heteroatoms. The first kappa shape index (κ1) is 14.8. The summed E-state index contributed by atoms with van der Waals surface area (Å²) in [6.45, 7) is 5.44. The number of nitrogens with zero attached hydrogens (tertiary/aromatic N) is 3. The Kier molecular flexibility index (Phi) is 4.22. The fourth-order valence-corrected chi connectivity index (χ4v) is 2.76. The van der Waals surface area contributed by atoms with Crippen LogP contribution in [-0.2, 0) is 17.8 Å². The third-order valence-electron chi connectivity index (χ3n) is 4.02. The second-order valence-electron chi connectivity index (χ2n) is 5.96. The van der Waals surface area contributed by atoms with Crippen molar-refractivity contribution >= 4 is 5.91 Å². The molecule has 1 aliphatic rings. The second kappa shape index (κ2) is 6.30. The first-order valence-corrected chi connectivity index (χ1v) is 7.81. The predicted molar refractivity (Wildman–Crippen MR) is 82.2 cm³/mol. The molecule has 1 atom stereocenters. The molecule has 0 radical (unpaired) electrons. The first-order valence-electron chi connectivity index (χ1n) is 7.81. The maximum Gasteiger partial charge on any atom is 0.232 e. The van der Waals surface area contributed by atoms with E-state index in [2.05, 4.69) is 48.3 Å². The Labute approximate surface area is 130 Å². The van der Waals surface area contributed by atoms with Gasteiger partial charge in [-0.1, -0.05) is 41.9 Å². The highest BCUT2D eigenvalue weighted by Gasteiger charge is 2.34. The monoisotopic (exact) mass is 299 g/mol. The lowest BCUT2D eigenvalue weighted by atomic mass is 10.1. The van der Waals surface area contributed by atoms with Crippen molar-refractivity contribution in [1.29, 1.82) is 0 Å². The molecule has 2 heterocycles. The number of benzene rings is 1. The molecule has 22 heavy (non-hydrogen) atoms. The normalized spacial score (nSPS) is 18.2. The number of rotatable bonds is 5. The van der Waals surface area contributed by atoms with E-state index in [-0.39, 0.29) is 11.8 Å². The van der Waals surface area contributed by atoms with Crippen LogP contribution in [0.3, 0.4) is 0 Å². The molecule has 0 aliphatic carbocycles. The van der Waals surface area contributed by atoms with E-state index >= 15 is 0 Å². The fraction of sp³-hybridized carbons (Fsp3) is 0.471. The molecule has 3 rings (SSSR count). The molecule has 1 saturated heterocycles. The molecule has 1 aromatic heterocycles. The van der Waals surface area contributed by atoms with Crippen LogP contribution in [0.15, 0.2) is 28.8 Å². The van der Waals surface area contributed by atoms with E-state index in [4.69, 9.17) is 4.52 Å². The molecule has 0 unspecified atom stereocenters. The molecule has 116 valence electrons. The summed E-state index contributed by atoms with van der Waals surface area (Å²) in [7, 11) is 0. The zero-order valence-corrected chi connectivity index (χ0v) is 13.1. The Hall–Kier alpha value is -2.17. The molecule has 0 N–H and O–H groups in total. The van der Waals surface area contributed by atoms with Gasteiger partial charge in [-0.25, -0.2) is 0 Å². The summed E-state index contributed by atoms with van der Waals surface area (Å²) in [4.78, 5) is 18.5. The first-order chi connectivity index (χ1) is 10.7. The third kappa shape index (κ3) is 3.18. The Morgan fingerprint density at radius 3 is 2.82 bits per heavy atom. The van der Waals surface area contributed by atoms with Crippen LogP contribution >= 0.6 is 0 Å². The van der Waals surface area contributed by atoms with Gasteiger partial charge in [-0.15, -0.1) is 0 Å². The topological polar surface area (TPSA) is 59.2 Å². The quantitative estimate of drug-likeness (QED) is 0.852. The van der Waals surface area contributed by atoms with Gasteiger partial charge < -0.3 is 9.42 Å². The van der Waals surface area contributed by atoms with Crippen LogP contribution in [0, 0.1) is 6.92 Å². The molecule has 1 aliphatic heterocycles. The second-order valence-corrected chi connectivity index (χ2v) is 5.96. The summed E-state index contributed by atoms with van der Waals surface area (Å²) >= 11 is 0. The molecular weight excluding hydrogens is 278 g/mol. The lowest BCUT2D eigenvalue weighted by molar-refractivity contribution is -0.128. The maximum atomic E-state index is 12.2. The molecule has 2 aromatic rings. The molecule has 1 aromatic carbocycles. The van der Waals surface area contributed by atoms with Crippen molar-refractivity contribution in [3.63, 3.8) is 0 Å². The number of likely N-dealkylation sites (tertiary alicyclic amines) is 1. The van der Waals surface area contributed by atoms with E-state index in [9.17, 15) is 4.79 Å². The van der Waals surface area contributed by atoms with Gasteiger partial charge in [0.15, 0.2) is 5.82 Å². The van der Waals surface area contributed by atoms with Gasteiger partial charge in [0.2, 0.25) is 11.8 Å². The van der Waals surface area contributed by atoms with Crippen molar-refractivity contribution in [3.8, 4) is 0 Å². The van der Waals surface area contributed by atoms with E-state index < -0.39 is 0 Å². The highest BCUT2D eigenvalue weighted by atomic mass is 16.5. The number of amides is 1. The number of hydrogen-bond donors (Lipinski definition) is 0. The van der Waals surface area contributed by atoms with Crippen molar-refractivity contribution in [2.24, 2.45) is 0 Å². The van der Waals surface area contributed by atoms with Gasteiger partial charge in [0, 0.05) is 25.9 Å². The average molecular weight is 299 g/mol. The Morgan fingerprint density at radius 2 is 2.09 bits per heavy atom. The van der Waals surface area contributed by atoms with Gasteiger partial charge in [-0.05, 0) is 18.9 Å². The average Bonchev–Trinajstić information content (AvgIpc) is 3.10. The van der Waals surface area contributed by atoms with Crippen LogP contribution in [0.4, 0.5) is 0 Å². The van der Waals surface area contributed by atoms with Gasteiger partial charge >= 0.3 is 0 Å². The number of aryl methyl sites for hydroxylation is 2. The van der Waals surface area contributed by atoms with Crippen LogP contribution in [-0.4, -0.2) is 27.5 Å². The number of carbonyl (C=O) groups is 1. The van der Waals surface area contributed by atoms with Crippen LogP contribution in [0.5, 0.6) is 0 Å². The Balaban J connectivity index is 1.65. The van der Waals surface area contributed by atoms with E-state index in [1.807, 2.05) is 4.90 Å². The smallest absolute Gasteiger partial charge is 0.232 e. The van der Waals surface area contributed by atoms with E-state index in [0.717, 1.165) is 24.2 Å². The summed E-state index contributed by atoms with van der Waals surface area (Å²) in [5, 5.41) is 3.98. The third-order valence-corrected chi connectivity index (χ3v) is 4.02. The van der Waals surface area contributed by atoms with Crippen LogP contribution in [0.2, 0.25) is 0 Å². The Bertz CT molecular complexity index is 648. The zero-order chi connectivity index (χ0) is 15.5. The molecule has 1 amide bonds. The lowest BCUT2D eigenvalue weighted by Crippen LogP contribution is -2.24. The van der Waals surface area contributed by atoms with Gasteiger partial charge in [0.05, 0.1) is 5.92 Å². The molecule has 0 bridgehead atoms. The van der Waals surface area contributed by atoms with E-state index in [1.165, 1.54) is 5.56 Å². The van der Waals surface area contributed by atoms with Crippen molar-refractivity contribution in [1.82, 2.24) is 15.0 Å². The van der Waals surface area contributed by atoms with Gasteiger partial charge in [-0.2, -0.15) is 4.98 Å². The number of hydrogen-bond acceptors (Lipinski definition) is 4. The maximum absolute atomic E-state index is 12.2. The summed E-state index contributed by atoms with van der Waals surface area (Å²) in [6.07, 6.45) is 2.26. The van der Waals surface area contributed by atoms with Crippen molar-refractivity contribution in [3.05, 3.63) is 47.1 Å². The summed E-state index contributed by atoms with van der Waals surface area (Å²) in [5.74, 6) is 1.52. The highest BCUT2D eigenvalue weighted by molar-refractivity contribution is 5.79. The largest absolute Gasteiger partial charge is 0.339 e. The Morgan fingerprint density at radius 1 is 1.32 bits per heavy atom. The molecular formula is C17H21N3O2. The minimum absolute atomic E-state index is 0.0241. The SMILES string of the molecule is CCCc1noc([C@H]2CC(=O)N(Cc3ccc(C)cc3)C2)n1. The predicted octanol–water partition coefficient (Wildman–Crippen LogP) is 2.85. The van der Waals surface area contributed by atoms with Crippen LogP contribution < -0.4 is 0 Å². The zero-order valence-electron chi connectivity index (χ0n) is 13.1. The molecule has 1 fully saturated rings. The lowest BCUT2D eigenvalue weighted by Gasteiger charge is -2.16. The van der Waals surface area contributed by atoms with Crippen LogP contribution in [0.1, 0.15) is 48.5 Å². The number of carbonyl (C=O) groups excluding carboxylic acids is 1. The van der Waals surface area contributed by atoms with E-state index in [1.54, 1.807) is 0 Å². The van der Waals surface area contributed by atoms with Crippen molar-refractivity contribution < 1.29 is 9.32 Å². The minimum Gasteiger partial charge on any atom is -0.339 e. The van der Waals surface area contributed by atoms with Crippen molar-refractivity contribution in [2.75, 3.05) is 6.54 Å². The summed E-state index contributed by atoms with van der Waals surface area (Å²) < 4.78 is 5.32. The fourth-order valence-electron chi connectivity index (χ4n) is 2.76. The van der Waals surface area contributed by atoms with Gasteiger partial charge in [0.25, 0.3) is 0 Å². The summed E-state index contributed by atoms with van der Waals surface area (Å²) in [6, 6.07) is 8.29. The van der Waals surface area contributed by atoms with Crippen LogP contribution in [0.25, 0.3) is 0 Å².